The predicted molar refractivity (Wildman–Crippen MR) is 69.5 cm³/mol. The molecule has 2 aromatic heterocycles. The molecule has 0 fully saturated rings. The highest BCUT2D eigenvalue weighted by Crippen LogP contribution is 2.16. The van der Waals surface area contributed by atoms with Crippen molar-refractivity contribution >= 4 is 11.3 Å². The molecule has 2 heterocycles. The van der Waals surface area contributed by atoms with Gasteiger partial charge in [0, 0.05) is 23.9 Å². The first-order valence-corrected chi connectivity index (χ1v) is 6.35. The van der Waals surface area contributed by atoms with E-state index < -0.39 is 0 Å². The van der Waals surface area contributed by atoms with Gasteiger partial charge < -0.3 is 5.11 Å². The lowest BCUT2D eigenvalue weighted by atomic mass is 10.2. The third kappa shape index (κ3) is 2.70. The lowest BCUT2D eigenvalue weighted by Crippen LogP contribution is -2.23. The third-order valence-corrected chi connectivity index (χ3v) is 3.29. The summed E-state index contributed by atoms with van der Waals surface area (Å²) in [5.41, 5.74) is 0.753. The topological polar surface area (TPSA) is 60.1 Å². The molecule has 0 aliphatic rings. The molecule has 18 heavy (non-hydrogen) atoms. The molecule has 0 aliphatic carbocycles. The van der Waals surface area contributed by atoms with Crippen LogP contribution in [0.25, 0.3) is 0 Å². The fourth-order valence-corrected chi connectivity index (χ4v) is 2.26. The average Bonchev–Trinajstić information content (AvgIpc) is 2.92. The number of nitrogens with zero attached hydrogens (tertiary/aromatic N) is 3. The summed E-state index contributed by atoms with van der Waals surface area (Å²) in [6.45, 7) is 0.493. The van der Waals surface area contributed by atoms with E-state index in [2.05, 4.69) is 16.9 Å². The zero-order valence-corrected chi connectivity index (χ0v) is 10.8. The molecule has 0 spiro atoms. The van der Waals surface area contributed by atoms with E-state index in [4.69, 9.17) is 5.11 Å². The molecule has 0 saturated heterocycles. The van der Waals surface area contributed by atoms with E-state index in [1.54, 1.807) is 18.4 Å². The maximum atomic E-state index is 11.7. The molecule has 5 nitrogen and oxygen atoms in total. The van der Waals surface area contributed by atoms with Gasteiger partial charge in [0.15, 0.2) is 0 Å². The normalized spacial score (nSPS) is 10.1. The van der Waals surface area contributed by atoms with Gasteiger partial charge in [0.2, 0.25) is 0 Å². The van der Waals surface area contributed by atoms with Gasteiger partial charge >= 0.3 is 5.69 Å². The molecule has 94 valence electrons. The van der Waals surface area contributed by atoms with E-state index >= 15 is 0 Å². The highest BCUT2D eigenvalue weighted by Gasteiger charge is 2.07. The van der Waals surface area contributed by atoms with Gasteiger partial charge in [-0.1, -0.05) is 11.8 Å². The summed E-state index contributed by atoms with van der Waals surface area (Å²) >= 11 is 1.55. The van der Waals surface area contributed by atoms with Gasteiger partial charge in [0.1, 0.15) is 6.33 Å². The maximum Gasteiger partial charge on any atom is 0.345 e. The Bertz CT molecular complexity index is 642. The Kier molecular flexibility index (Phi) is 3.97. The first-order valence-electron chi connectivity index (χ1n) is 5.47. The second-order valence-electron chi connectivity index (χ2n) is 3.71. The SMILES string of the molecule is Cn1cnn(Cc2sccc2C#CCCO)c1=O. The molecule has 0 aromatic carbocycles. The molecule has 0 saturated carbocycles. The highest BCUT2D eigenvalue weighted by atomic mass is 32.1. The minimum atomic E-state index is -0.141. The number of aliphatic hydroxyl groups is 1. The molecule has 0 amide bonds. The highest BCUT2D eigenvalue weighted by molar-refractivity contribution is 7.10. The smallest absolute Gasteiger partial charge is 0.345 e. The van der Waals surface area contributed by atoms with Crippen LogP contribution in [0.1, 0.15) is 16.9 Å². The molecule has 1 N–H and O–H groups in total. The molecular formula is C12H13N3O2S. The zero-order chi connectivity index (χ0) is 13.0. The second kappa shape index (κ2) is 5.67. The molecule has 0 unspecified atom stereocenters. The van der Waals surface area contributed by atoms with E-state index in [1.165, 1.54) is 15.6 Å². The van der Waals surface area contributed by atoms with Gasteiger partial charge in [-0.25, -0.2) is 9.48 Å². The fraction of sp³-hybridized carbons (Fsp3) is 0.333. The van der Waals surface area contributed by atoms with Crippen LogP contribution in [0.5, 0.6) is 0 Å². The van der Waals surface area contributed by atoms with Gasteiger partial charge in [-0.2, -0.15) is 5.10 Å². The maximum absolute atomic E-state index is 11.7. The number of aliphatic hydroxyl groups excluding tert-OH is 1. The molecule has 0 bridgehead atoms. The molecule has 0 radical (unpaired) electrons. The van der Waals surface area contributed by atoms with Gasteiger partial charge in [-0.15, -0.1) is 11.3 Å². The summed E-state index contributed by atoms with van der Waals surface area (Å²) in [5, 5.41) is 14.6. The van der Waals surface area contributed by atoms with Crippen molar-refractivity contribution in [2.45, 2.75) is 13.0 Å². The first kappa shape index (κ1) is 12.6. The first-order chi connectivity index (χ1) is 8.72. The number of hydrogen-bond acceptors (Lipinski definition) is 4. The summed E-state index contributed by atoms with van der Waals surface area (Å²) in [6.07, 6.45) is 1.95. The van der Waals surface area contributed by atoms with Crippen molar-refractivity contribution in [3.63, 3.8) is 0 Å². The van der Waals surface area contributed by atoms with Crippen molar-refractivity contribution in [3.05, 3.63) is 38.7 Å². The largest absolute Gasteiger partial charge is 0.395 e. The quantitative estimate of drug-likeness (QED) is 0.817. The number of rotatable bonds is 3. The van der Waals surface area contributed by atoms with Gasteiger partial charge in [-0.05, 0) is 11.4 Å². The van der Waals surface area contributed by atoms with Crippen LogP contribution in [0, 0.1) is 11.8 Å². The van der Waals surface area contributed by atoms with Crippen molar-refractivity contribution < 1.29 is 5.11 Å². The summed E-state index contributed by atoms with van der Waals surface area (Å²) in [7, 11) is 1.67. The Morgan fingerprint density at radius 2 is 2.39 bits per heavy atom. The number of hydrogen-bond donors (Lipinski definition) is 1. The lowest BCUT2D eigenvalue weighted by Gasteiger charge is -1.97. The van der Waals surface area contributed by atoms with Crippen LogP contribution >= 0.6 is 11.3 Å². The average molecular weight is 263 g/mol. The molecule has 6 heteroatoms. The standard InChI is InChI=1S/C12H13N3O2S/c1-14-9-13-15(12(14)17)8-11-10(5-7-18-11)4-2-3-6-16/h5,7,9,16H,3,6,8H2,1H3. The lowest BCUT2D eigenvalue weighted by molar-refractivity contribution is 0.305. The monoisotopic (exact) mass is 263 g/mol. The zero-order valence-electron chi connectivity index (χ0n) is 9.96. The van der Waals surface area contributed by atoms with Crippen molar-refractivity contribution in [1.82, 2.24) is 14.3 Å². The molecular weight excluding hydrogens is 250 g/mol. The summed E-state index contributed by atoms with van der Waals surface area (Å²) in [5.74, 6) is 5.87. The second-order valence-corrected chi connectivity index (χ2v) is 4.72. The minimum Gasteiger partial charge on any atom is -0.395 e. The number of aryl methyl sites for hydroxylation is 1. The van der Waals surface area contributed by atoms with Gasteiger partial charge in [-0.3, -0.25) is 4.57 Å². The van der Waals surface area contributed by atoms with E-state index in [0.717, 1.165) is 10.4 Å². The molecule has 0 aliphatic heterocycles. The Labute approximate surface area is 108 Å². The van der Waals surface area contributed by atoms with Gasteiger partial charge in [0.25, 0.3) is 0 Å². The van der Waals surface area contributed by atoms with Crippen molar-refractivity contribution in [3.8, 4) is 11.8 Å². The van der Waals surface area contributed by atoms with Crippen LogP contribution in [0.15, 0.2) is 22.6 Å². The Balaban J connectivity index is 2.21. The predicted octanol–water partition coefficient (Wildman–Crippen LogP) is 0.425. The number of thiophene rings is 1. The van der Waals surface area contributed by atoms with E-state index in [1.807, 2.05) is 11.4 Å². The Hall–Kier alpha value is -1.84. The van der Waals surface area contributed by atoms with Crippen LogP contribution in [-0.4, -0.2) is 26.1 Å². The molecule has 0 atom stereocenters. The van der Waals surface area contributed by atoms with Gasteiger partial charge in [0.05, 0.1) is 13.2 Å². The fourth-order valence-electron chi connectivity index (χ4n) is 1.45. The van der Waals surface area contributed by atoms with Crippen molar-refractivity contribution in [1.29, 1.82) is 0 Å². The van der Waals surface area contributed by atoms with Crippen LogP contribution in [0.4, 0.5) is 0 Å². The molecule has 2 rings (SSSR count). The van der Waals surface area contributed by atoms with E-state index in [-0.39, 0.29) is 12.3 Å². The van der Waals surface area contributed by atoms with Crippen molar-refractivity contribution in [2.75, 3.05) is 6.61 Å². The summed E-state index contributed by atoms with van der Waals surface area (Å²) in [6, 6.07) is 1.92. The summed E-state index contributed by atoms with van der Waals surface area (Å²) < 4.78 is 2.84. The third-order valence-electron chi connectivity index (χ3n) is 2.39. The van der Waals surface area contributed by atoms with E-state index in [0.29, 0.717) is 13.0 Å². The van der Waals surface area contributed by atoms with Crippen molar-refractivity contribution in [2.24, 2.45) is 7.05 Å². The van der Waals surface area contributed by atoms with Crippen LogP contribution in [0.2, 0.25) is 0 Å². The Morgan fingerprint density at radius 1 is 1.56 bits per heavy atom. The van der Waals surface area contributed by atoms with Crippen LogP contribution < -0.4 is 5.69 Å². The van der Waals surface area contributed by atoms with E-state index in [9.17, 15) is 4.79 Å². The Morgan fingerprint density at radius 3 is 3.06 bits per heavy atom. The summed E-state index contributed by atoms with van der Waals surface area (Å²) in [4.78, 5) is 12.7. The van der Waals surface area contributed by atoms with Crippen LogP contribution in [-0.2, 0) is 13.6 Å². The van der Waals surface area contributed by atoms with Crippen LogP contribution in [0.3, 0.4) is 0 Å². The minimum absolute atomic E-state index is 0.0617. The number of aromatic nitrogens is 3. The molecule has 2 aromatic rings.